The van der Waals surface area contributed by atoms with E-state index in [1.807, 2.05) is 0 Å². The number of sulfonamides is 1. The molecule has 0 radical (unpaired) electrons. The lowest BCUT2D eigenvalue weighted by Crippen LogP contribution is -2.45. The lowest BCUT2D eigenvalue weighted by Gasteiger charge is -2.33. The van der Waals surface area contributed by atoms with Crippen LogP contribution < -0.4 is 0 Å². The van der Waals surface area contributed by atoms with Crippen LogP contribution in [0.3, 0.4) is 0 Å². The minimum absolute atomic E-state index is 0.00637. The largest absolute Gasteiger partial charge is 0.481 e. The average Bonchev–Trinajstić information content (AvgIpc) is 2.41. The predicted molar refractivity (Wildman–Crippen MR) is 74.8 cm³/mol. The molecule has 0 bridgehead atoms. The first kappa shape index (κ1) is 16.8. The molecule has 5 nitrogen and oxygen atoms in total. The predicted octanol–water partition coefficient (Wildman–Crippen LogP) is 2.00. The Morgan fingerprint density at radius 2 is 1.91 bits per heavy atom. The van der Waals surface area contributed by atoms with E-state index in [9.17, 15) is 22.0 Å². The molecule has 22 heavy (non-hydrogen) atoms. The number of hydrogen-bond donors (Lipinski definition) is 1. The van der Waals surface area contributed by atoms with Gasteiger partial charge < -0.3 is 5.11 Å². The molecule has 2 atom stereocenters. The van der Waals surface area contributed by atoms with Crippen molar-refractivity contribution in [2.45, 2.75) is 25.2 Å². The summed E-state index contributed by atoms with van der Waals surface area (Å²) in [5, 5.41) is 9.09. The summed E-state index contributed by atoms with van der Waals surface area (Å²) in [6.45, 7) is 2.90. The van der Waals surface area contributed by atoms with Gasteiger partial charge in [0.15, 0.2) is 0 Å². The minimum Gasteiger partial charge on any atom is -0.481 e. The van der Waals surface area contributed by atoms with Crippen LogP contribution in [0.1, 0.15) is 18.9 Å². The summed E-state index contributed by atoms with van der Waals surface area (Å²) >= 11 is 0. The van der Waals surface area contributed by atoms with Crippen LogP contribution in [0.5, 0.6) is 0 Å². The Morgan fingerprint density at radius 1 is 1.27 bits per heavy atom. The lowest BCUT2D eigenvalue weighted by atomic mass is 9.92. The van der Waals surface area contributed by atoms with E-state index >= 15 is 0 Å². The molecule has 0 saturated carbocycles. The van der Waals surface area contributed by atoms with Gasteiger partial charge in [-0.15, -0.1) is 0 Å². The summed E-state index contributed by atoms with van der Waals surface area (Å²) < 4.78 is 53.5. The van der Waals surface area contributed by atoms with Crippen molar-refractivity contribution in [3.8, 4) is 0 Å². The molecule has 0 amide bonds. The fourth-order valence-corrected chi connectivity index (χ4v) is 4.31. The number of carboxylic acids is 1. The zero-order valence-corrected chi connectivity index (χ0v) is 13.0. The molecule has 1 aromatic carbocycles. The number of aryl methyl sites for hydroxylation is 1. The van der Waals surface area contributed by atoms with Gasteiger partial charge in [0, 0.05) is 13.1 Å². The van der Waals surface area contributed by atoms with Crippen LogP contribution in [-0.2, 0) is 14.8 Å². The van der Waals surface area contributed by atoms with Crippen molar-refractivity contribution >= 4 is 16.0 Å². The van der Waals surface area contributed by atoms with Gasteiger partial charge in [-0.1, -0.05) is 6.92 Å². The molecule has 122 valence electrons. The van der Waals surface area contributed by atoms with E-state index in [1.54, 1.807) is 6.92 Å². The van der Waals surface area contributed by atoms with Crippen LogP contribution in [0, 0.1) is 30.4 Å². The second-order valence-corrected chi connectivity index (χ2v) is 7.64. The third kappa shape index (κ3) is 3.12. The maximum Gasteiger partial charge on any atom is 0.307 e. The third-order valence-electron chi connectivity index (χ3n) is 3.81. The molecule has 1 fully saturated rings. The topological polar surface area (TPSA) is 74.7 Å². The fourth-order valence-electron chi connectivity index (χ4n) is 2.64. The van der Waals surface area contributed by atoms with E-state index in [0.717, 1.165) is 10.4 Å². The second kappa shape index (κ2) is 5.92. The smallest absolute Gasteiger partial charge is 0.307 e. The molecule has 1 aliphatic heterocycles. The molecule has 1 heterocycles. The third-order valence-corrected chi connectivity index (χ3v) is 5.65. The van der Waals surface area contributed by atoms with Crippen molar-refractivity contribution in [2.75, 3.05) is 13.1 Å². The first-order chi connectivity index (χ1) is 10.1. The van der Waals surface area contributed by atoms with Crippen molar-refractivity contribution in [2.24, 2.45) is 11.8 Å². The van der Waals surface area contributed by atoms with Crippen molar-refractivity contribution < 1.29 is 27.1 Å². The fraction of sp³-hybridized carbons (Fsp3) is 0.500. The molecule has 0 aromatic heterocycles. The Morgan fingerprint density at radius 3 is 2.50 bits per heavy atom. The minimum atomic E-state index is -4.28. The molecule has 0 spiro atoms. The second-order valence-electron chi connectivity index (χ2n) is 5.73. The highest BCUT2D eigenvalue weighted by atomic mass is 32.2. The van der Waals surface area contributed by atoms with Crippen LogP contribution in [0.2, 0.25) is 0 Å². The van der Waals surface area contributed by atoms with Gasteiger partial charge in [0.05, 0.1) is 5.92 Å². The van der Waals surface area contributed by atoms with E-state index in [0.29, 0.717) is 12.5 Å². The van der Waals surface area contributed by atoms with Gasteiger partial charge in [0.2, 0.25) is 10.0 Å². The van der Waals surface area contributed by atoms with Crippen LogP contribution in [0.15, 0.2) is 17.0 Å². The van der Waals surface area contributed by atoms with Gasteiger partial charge in [0.1, 0.15) is 16.5 Å². The van der Waals surface area contributed by atoms with Gasteiger partial charge in [-0.05, 0) is 37.0 Å². The number of carbonyl (C=O) groups is 1. The number of nitrogens with zero attached hydrogens (tertiary/aromatic N) is 1. The highest BCUT2D eigenvalue weighted by molar-refractivity contribution is 7.89. The van der Waals surface area contributed by atoms with Gasteiger partial charge in [-0.25, -0.2) is 17.2 Å². The van der Waals surface area contributed by atoms with Crippen molar-refractivity contribution in [3.63, 3.8) is 0 Å². The molecule has 0 aliphatic carbocycles. The molecule has 2 unspecified atom stereocenters. The molecule has 1 aromatic rings. The van der Waals surface area contributed by atoms with Gasteiger partial charge in [-0.3, -0.25) is 4.79 Å². The van der Waals surface area contributed by atoms with Crippen LogP contribution >= 0.6 is 0 Å². The average molecular weight is 333 g/mol. The van der Waals surface area contributed by atoms with E-state index in [4.69, 9.17) is 5.11 Å². The Balaban J connectivity index is 2.42. The number of halogens is 2. The van der Waals surface area contributed by atoms with E-state index < -0.39 is 38.4 Å². The maximum absolute atomic E-state index is 13.9. The van der Waals surface area contributed by atoms with Crippen molar-refractivity contribution in [3.05, 3.63) is 29.3 Å². The number of hydrogen-bond acceptors (Lipinski definition) is 3. The number of carboxylic acid groups (broad SMARTS) is 1. The Bertz CT molecular complexity index is 705. The van der Waals surface area contributed by atoms with Gasteiger partial charge in [0.25, 0.3) is 0 Å². The summed E-state index contributed by atoms with van der Waals surface area (Å²) in [6, 6.07) is 1.47. The zero-order chi connectivity index (χ0) is 16.7. The summed E-state index contributed by atoms with van der Waals surface area (Å²) in [5.41, 5.74) is 0.00637. The van der Waals surface area contributed by atoms with E-state index in [-0.39, 0.29) is 24.6 Å². The molecule has 1 N–H and O–H groups in total. The zero-order valence-electron chi connectivity index (χ0n) is 12.2. The van der Waals surface area contributed by atoms with Crippen LogP contribution in [0.4, 0.5) is 8.78 Å². The van der Waals surface area contributed by atoms with Crippen molar-refractivity contribution in [1.82, 2.24) is 4.31 Å². The monoisotopic (exact) mass is 333 g/mol. The van der Waals surface area contributed by atoms with E-state index in [2.05, 4.69) is 0 Å². The SMILES string of the molecule is Cc1cc(F)c(S(=O)(=O)N2CC(C)CC(C(=O)O)C2)cc1F. The summed E-state index contributed by atoms with van der Waals surface area (Å²) in [5.74, 6) is -3.98. The first-order valence-electron chi connectivity index (χ1n) is 6.81. The first-order valence-corrected chi connectivity index (χ1v) is 8.25. The highest BCUT2D eigenvalue weighted by Crippen LogP contribution is 2.29. The standard InChI is InChI=1S/C14H17F2NO4S/c1-8-3-10(14(18)19)7-17(6-8)22(20,21)13-5-11(15)9(2)4-12(13)16/h4-5,8,10H,3,6-7H2,1-2H3,(H,18,19). The molecular formula is C14H17F2NO4S. The summed E-state index contributed by atoms with van der Waals surface area (Å²) in [7, 11) is -4.28. The maximum atomic E-state index is 13.9. The van der Waals surface area contributed by atoms with E-state index in [1.165, 1.54) is 6.92 Å². The molecule has 1 saturated heterocycles. The van der Waals surface area contributed by atoms with Crippen LogP contribution in [0.25, 0.3) is 0 Å². The molecular weight excluding hydrogens is 316 g/mol. The number of piperidine rings is 1. The lowest BCUT2D eigenvalue weighted by molar-refractivity contribution is -0.143. The number of aliphatic carboxylic acids is 1. The Hall–Kier alpha value is -1.54. The highest BCUT2D eigenvalue weighted by Gasteiger charge is 2.37. The van der Waals surface area contributed by atoms with Crippen LogP contribution in [-0.4, -0.2) is 36.9 Å². The number of benzene rings is 1. The molecule has 8 heteroatoms. The summed E-state index contributed by atoms with van der Waals surface area (Å²) in [4.78, 5) is 10.4. The molecule has 2 rings (SSSR count). The van der Waals surface area contributed by atoms with Gasteiger partial charge in [-0.2, -0.15) is 4.31 Å². The Kier molecular flexibility index (Phi) is 4.53. The van der Waals surface area contributed by atoms with Crippen molar-refractivity contribution in [1.29, 1.82) is 0 Å². The quantitative estimate of drug-likeness (QED) is 0.918. The summed E-state index contributed by atoms with van der Waals surface area (Å²) in [6.07, 6.45) is 0.353. The number of rotatable bonds is 3. The molecule has 1 aliphatic rings. The normalized spacial score (nSPS) is 23.5. The van der Waals surface area contributed by atoms with Gasteiger partial charge >= 0.3 is 5.97 Å². The Labute approximate surface area is 127 Å².